The third-order valence-electron chi connectivity index (χ3n) is 3.52. The Morgan fingerprint density at radius 3 is 2.46 bits per heavy atom. The minimum absolute atomic E-state index is 0.0107. The lowest BCUT2D eigenvalue weighted by molar-refractivity contribution is 0.0703. The molecule has 3 rings (SSSR count). The summed E-state index contributed by atoms with van der Waals surface area (Å²) in [4.78, 5) is 24.2. The van der Waals surface area contributed by atoms with Crippen molar-refractivity contribution in [1.29, 1.82) is 0 Å². The smallest absolute Gasteiger partial charge is 0.412 e. The van der Waals surface area contributed by atoms with Gasteiger partial charge in [0.2, 0.25) is 0 Å². The number of hydrogen-bond acceptors (Lipinski definition) is 4. The fourth-order valence-electron chi connectivity index (χ4n) is 2.31. The summed E-state index contributed by atoms with van der Waals surface area (Å²) >= 11 is 7.21. The molecule has 0 spiro atoms. The molecular formula is C19H14ClNO4S. The van der Waals surface area contributed by atoms with Gasteiger partial charge >= 0.3 is 12.1 Å². The normalized spacial score (nSPS) is 10.3. The molecule has 0 saturated heterocycles. The Balaban J connectivity index is 1.77. The van der Waals surface area contributed by atoms with Gasteiger partial charge in [0.1, 0.15) is 11.5 Å². The summed E-state index contributed by atoms with van der Waals surface area (Å²) in [6, 6.07) is 17.9. The molecule has 1 heterocycles. The summed E-state index contributed by atoms with van der Waals surface area (Å²) in [6.45, 7) is 0.0938. The van der Waals surface area contributed by atoms with Crippen molar-refractivity contribution < 1.29 is 19.4 Å². The van der Waals surface area contributed by atoms with Crippen LogP contribution in [0.3, 0.4) is 0 Å². The van der Waals surface area contributed by atoms with Gasteiger partial charge in [0.25, 0.3) is 0 Å². The van der Waals surface area contributed by atoms with Crippen LogP contribution in [0.2, 0.25) is 5.02 Å². The van der Waals surface area contributed by atoms with E-state index in [0.717, 1.165) is 16.9 Å². The highest BCUT2D eigenvalue weighted by Crippen LogP contribution is 2.38. The van der Waals surface area contributed by atoms with Gasteiger partial charge in [-0.15, -0.1) is 11.3 Å². The number of carboxylic acids is 1. The van der Waals surface area contributed by atoms with E-state index >= 15 is 0 Å². The van der Waals surface area contributed by atoms with Crippen LogP contribution in [-0.4, -0.2) is 17.2 Å². The molecule has 5 nitrogen and oxygen atoms in total. The highest BCUT2D eigenvalue weighted by atomic mass is 35.5. The number of carbonyl (C=O) groups is 2. The van der Waals surface area contributed by atoms with Crippen LogP contribution in [0.15, 0.2) is 60.7 Å². The molecule has 0 unspecified atom stereocenters. The van der Waals surface area contributed by atoms with E-state index in [4.69, 9.17) is 16.3 Å². The van der Waals surface area contributed by atoms with Crippen molar-refractivity contribution in [3.8, 4) is 10.4 Å². The molecule has 0 aliphatic carbocycles. The molecule has 132 valence electrons. The standard InChI is InChI=1S/C19H14ClNO4S/c20-14-9-5-4-8-13(14)16-10-15(17(26-16)18(22)23)21-19(24)25-11-12-6-2-1-3-7-12/h1-10H,11H2,(H,21,24)(H,22,23). The minimum atomic E-state index is -1.13. The van der Waals surface area contributed by atoms with Gasteiger partial charge in [-0.3, -0.25) is 5.32 Å². The molecule has 1 aromatic heterocycles. The molecular weight excluding hydrogens is 374 g/mol. The summed E-state index contributed by atoms with van der Waals surface area (Å²) in [5.74, 6) is -1.13. The molecule has 0 saturated carbocycles. The maximum Gasteiger partial charge on any atom is 0.412 e. The van der Waals surface area contributed by atoms with Gasteiger partial charge in [0.15, 0.2) is 0 Å². The van der Waals surface area contributed by atoms with E-state index in [1.165, 1.54) is 0 Å². The van der Waals surface area contributed by atoms with Crippen molar-refractivity contribution in [2.75, 3.05) is 5.32 Å². The molecule has 0 aliphatic heterocycles. The summed E-state index contributed by atoms with van der Waals surface area (Å²) < 4.78 is 5.14. The Kier molecular flexibility index (Phi) is 5.55. The molecule has 1 amide bonds. The second-order valence-corrected chi connectivity index (χ2v) is 6.78. The first kappa shape index (κ1) is 18.0. The van der Waals surface area contributed by atoms with E-state index in [2.05, 4.69) is 5.32 Å². The van der Waals surface area contributed by atoms with E-state index in [9.17, 15) is 14.7 Å². The first-order valence-corrected chi connectivity index (χ1v) is 8.84. The third-order valence-corrected chi connectivity index (χ3v) is 5.00. The topological polar surface area (TPSA) is 75.6 Å². The van der Waals surface area contributed by atoms with Crippen LogP contribution < -0.4 is 5.32 Å². The fraction of sp³-hybridized carbons (Fsp3) is 0.0526. The number of anilines is 1. The molecule has 0 aliphatic rings. The summed E-state index contributed by atoms with van der Waals surface area (Å²) in [5.41, 5.74) is 1.71. The Morgan fingerprint density at radius 2 is 1.77 bits per heavy atom. The second kappa shape index (κ2) is 8.03. The number of halogens is 1. The van der Waals surface area contributed by atoms with E-state index < -0.39 is 12.1 Å². The second-order valence-electron chi connectivity index (χ2n) is 5.33. The van der Waals surface area contributed by atoms with Crippen LogP contribution in [0.5, 0.6) is 0 Å². The molecule has 0 radical (unpaired) electrons. The molecule has 3 aromatic rings. The van der Waals surface area contributed by atoms with Crippen molar-refractivity contribution >= 4 is 40.7 Å². The maximum absolute atomic E-state index is 12.0. The van der Waals surface area contributed by atoms with Crippen molar-refractivity contribution in [2.24, 2.45) is 0 Å². The molecule has 7 heteroatoms. The van der Waals surface area contributed by atoms with Crippen molar-refractivity contribution in [3.05, 3.63) is 76.1 Å². The van der Waals surface area contributed by atoms with Crippen LogP contribution in [0, 0.1) is 0 Å². The first-order valence-electron chi connectivity index (χ1n) is 7.64. The third kappa shape index (κ3) is 4.22. The molecule has 26 heavy (non-hydrogen) atoms. The quantitative estimate of drug-likeness (QED) is 0.604. The Morgan fingerprint density at radius 1 is 1.08 bits per heavy atom. The number of hydrogen-bond donors (Lipinski definition) is 2. The minimum Gasteiger partial charge on any atom is -0.477 e. The molecule has 0 fully saturated rings. The predicted octanol–water partition coefficient (Wildman–Crippen LogP) is 5.52. The highest BCUT2D eigenvalue weighted by Gasteiger charge is 2.19. The fourth-order valence-corrected chi connectivity index (χ4v) is 3.59. The Bertz CT molecular complexity index is 940. The number of aromatic carboxylic acids is 1. The molecule has 2 N–H and O–H groups in total. The predicted molar refractivity (Wildman–Crippen MR) is 102 cm³/mol. The SMILES string of the molecule is O=C(Nc1cc(-c2ccccc2Cl)sc1C(=O)O)OCc1ccccc1. The largest absolute Gasteiger partial charge is 0.477 e. The van der Waals surface area contributed by atoms with Crippen LogP contribution in [0.1, 0.15) is 15.2 Å². The lowest BCUT2D eigenvalue weighted by Gasteiger charge is -2.06. The van der Waals surface area contributed by atoms with Gasteiger partial charge < -0.3 is 9.84 Å². The van der Waals surface area contributed by atoms with Crippen LogP contribution >= 0.6 is 22.9 Å². The monoisotopic (exact) mass is 387 g/mol. The van der Waals surface area contributed by atoms with Crippen molar-refractivity contribution in [1.82, 2.24) is 0 Å². The Labute approximate surface area is 158 Å². The zero-order valence-electron chi connectivity index (χ0n) is 13.4. The van der Waals surface area contributed by atoms with Crippen molar-refractivity contribution in [3.63, 3.8) is 0 Å². The van der Waals surface area contributed by atoms with E-state index in [1.807, 2.05) is 36.4 Å². The molecule has 0 bridgehead atoms. The number of carbonyl (C=O) groups excluding carboxylic acids is 1. The summed E-state index contributed by atoms with van der Waals surface area (Å²) in [6.07, 6.45) is -0.722. The van der Waals surface area contributed by atoms with Crippen LogP contribution in [0.4, 0.5) is 10.5 Å². The van der Waals surface area contributed by atoms with Gasteiger partial charge in [-0.25, -0.2) is 9.59 Å². The van der Waals surface area contributed by atoms with Crippen LogP contribution in [-0.2, 0) is 11.3 Å². The lowest BCUT2D eigenvalue weighted by atomic mass is 10.2. The van der Waals surface area contributed by atoms with E-state index in [-0.39, 0.29) is 17.2 Å². The number of amides is 1. The number of nitrogens with one attached hydrogen (secondary N) is 1. The van der Waals surface area contributed by atoms with Gasteiger partial charge in [0, 0.05) is 15.5 Å². The number of rotatable bonds is 5. The van der Waals surface area contributed by atoms with E-state index in [1.54, 1.807) is 24.3 Å². The summed E-state index contributed by atoms with van der Waals surface area (Å²) in [5, 5.41) is 12.4. The van der Waals surface area contributed by atoms with E-state index in [0.29, 0.717) is 15.5 Å². The molecule has 0 atom stereocenters. The van der Waals surface area contributed by atoms with Gasteiger partial charge in [-0.1, -0.05) is 60.1 Å². The average Bonchev–Trinajstić information content (AvgIpc) is 3.05. The zero-order valence-corrected chi connectivity index (χ0v) is 15.0. The number of ether oxygens (including phenoxy) is 1. The average molecular weight is 388 g/mol. The number of carboxylic acid groups (broad SMARTS) is 1. The maximum atomic E-state index is 12.0. The first-order chi connectivity index (χ1) is 12.5. The van der Waals surface area contributed by atoms with Gasteiger partial charge in [-0.2, -0.15) is 0 Å². The lowest BCUT2D eigenvalue weighted by Crippen LogP contribution is -2.14. The van der Waals surface area contributed by atoms with Gasteiger partial charge in [0.05, 0.1) is 5.69 Å². The number of benzene rings is 2. The molecule has 2 aromatic carbocycles. The zero-order chi connectivity index (χ0) is 18.5. The van der Waals surface area contributed by atoms with Gasteiger partial charge in [-0.05, 0) is 17.7 Å². The number of thiophene rings is 1. The highest BCUT2D eigenvalue weighted by molar-refractivity contribution is 7.18. The van der Waals surface area contributed by atoms with Crippen molar-refractivity contribution in [2.45, 2.75) is 6.61 Å². The van der Waals surface area contributed by atoms with Crippen LogP contribution in [0.25, 0.3) is 10.4 Å². The summed E-state index contributed by atoms with van der Waals surface area (Å²) in [7, 11) is 0. The Hall–Kier alpha value is -2.83.